The first-order valence-corrected chi connectivity index (χ1v) is 8.90. The number of nitrogens with zero attached hydrogens (tertiary/aromatic N) is 2. The lowest BCUT2D eigenvalue weighted by Gasteiger charge is -2.16. The largest absolute Gasteiger partial charge is 0.416 e. The van der Waals surface area contributed by atoms with Gasteiger partial charge in [-0.25, -0.2) is 4.99 Å². The highest BCUT2D eigenvalue weighted by molar-refractivity contribution is 6.19. The summed E-state index contributed by atoms with van der Waals surface area (Å²) in [6, 6.07) is 9.71. The number of benzene rings is 2. The van der Waals surface area contributed by atoms with Gasteiger partial charge in [0.15, 0.2) is 5.84 Å². The highest BCUT2D eigenvalue weighted by Gasteiger charge is 2.37. The lowest BCUT2D eigenvalue weighted by atomic mass is 9.99. The molecule has 10 heteroatoms. The van der Waals surface area contributed by atoms with Crippen LogP contribution in [0.15, 0.2) is 64.6 Å². The maximum atomic E-state index is 13.0. The maximum absolute atomic E-state index is 13.0. The van der Waals surface area contributed by atoms with Gasteiger partial charge in [-0.05, 0) is 23.8 Å². The van der Waals surface area contributed by atoms with Gasteiger partial charge in [0.1, 0.15) is 0 Å². The van der Waals surface area contributed by atoms with E-state index < -0.39 is 40.9 Å². The first kappa shape index (κ1) is 22.3. The SMILES string of the molecule is NC(=O)/C(=C/C1C=NC(c2cc(C(F)(F)F)cc(C(F)(F)F)c2)=NC1)c1ccccc1. The second kappa shape index (κ2) is 8.37. The van der Waals surface area contributed by atoms with Crippen molar-refractivity contribution in [1.82, 2.24) is 0 Å². The molecule has 1 aliphatic heterocycles. The Morgan fingerprint density at radius 2 is 1.55 bits per heavy atom. The molecule has 0 aromatic heterocycles. The van der Waals surface area contributed by atoms with E-state index in [9.17, 15) is 31.1 Å². The van der Waals surface area contributed by atoms with Crippen LogP contribution < -0.4 is 5.73 Å². The molecular formula is C21H15F6N3O. The standard InChI is InChI=1S/C21H15F6N3O/c22-20(23,24)15-7-14(8-16(9-15)21(25,26)27)19-29-10-12(11-30-19)6-17(18(28)31)13-4-2-1-3-5-13/h1-10,12H,11H2,(H2,28,31)/b17-6+. The summed E-state index contributed by atoms with van der Waals surface area (Å²) in [5, 5.41) is 0. The highest BCUT2D eigenvalue weighted by atomic mass is 19.4. The van der Waals surface area contributed by atoms with E-state index in [1.807, 2.05) is 0 Å². The summed E-state index contributed by atoms with van der Waals surface area (Å²) in [6.07, 6.45) is -7.12. The molecule has 0 saturated heterocycles. The molecule has 1 unspecified atom stereocenters. The van der Waals surface area contributed by atoms with Gasteiger partial charge in [0.05, 0.1) is 17.7 Å². The number of nitrogens with two attached hydrogens (primary N) is 1. The molecule has 2 N–H and O–H groups in total. The minimum Gasteiger partial charge on any atom is -0.366 e. The lowest BCUT2D eigenvalue weighted by molar-refractivity contribution is -0.143. The molecule has 1 aliphatic rings. The zero-order chi connectivity index (χ0) is 22.8. The van der Waals surface area contributed by atoms with Gasteiger partial charge in [0, 0.05) is 23.3 Å². The predicted octanol–water partition coefficient (Wildman–Crippen LogP) is 4.74. The van der Waals surface area contributed by atoms with Crippen molar-refractivity contribution in [1.29, 1.82) is 0 Å². The summed E-state index contributed by atoms with van der Waals surface area (Å²) in [6.45, 7) is -0.0277. The molecule has 0 spiro atoms. The van der Waals surface area contributed by atoms with Crippen LogP contribution in [0.1, 0.15) is 22.3 Å². The highest BCUT2D eigenvalue weighted by Crippen LogP contribution is 2.36. The number of aliphatic imine (C=N–C) groups is 2. The summed E-state index contributed by atoms with van der Waals surface area (Å²) >= 11 is 0. The van der Waals surface area contributed by atoms with E-state index in [1.54, 1.807) is 30.3 Å². The number of hydrogen-bond acceptors (Lipinski definition) is 3. The Bertz CT molecular complexity index is 1040. The van der Waals surface area contributed by atoms with Gasteiger partial charge < -0.3 is 5.73 Å². The molecule has 0 bridgehead atoms. The fourth-order valence-electron chi connectivity index (χ4n) is 2.94. The van der Waals surface area contributed by atoms with Crippen LogP contribution in [-0.2, 0) is 17.1 Å². The summed E-state index contributed by atoms with van der Waals surface area (Å²) in [5.41, 5.74) is 2.88. The van der Waals surface area contributed by atoms with Gasteiger partial charge in [0.25, 0.3) is 0 Å². The van der Waals surface area contributed by atoms with E-state index in [1.165, 1.54) is 12.3 Å². The Morgan fingerprint density at radius 3 is 2.00 bits per heavy atom. The second-order valence-electron chi connectivity index (χ2n) is 6.71. The molecule has 0 aliphatic carbocycles. The van der Waals surface area contributed by atoms with Gasteiger partial charge in [-0.3, -0.25) is 9.79 Å². The zero-order valence-corrected chi connectivity index (χ0v) is 15.7. The Morgan fingerprint density at radius 1 is 0.968 bits per heavy atom. The van der Waals surface area contributed by atoms with Crippen LogP contribution in [0.4, 0.5) is 26.3 Å². The molecule has 31 heavy (non-hydrogen) atoms. The van der Waals surface area contributed by atoms with E-state index in [0.717, 1.165) is 0 Å². The number of alkyl halides is 6. The Hall–Kier alpha value is -3.43. The van der Waals surface area contributed by atoms with E-state index in [2.05, 4.69) is 9.98 Å². The average molecular weight is 439 g/mol. The van der Waals surface area contributed by atoms with Gasteiger partial charge in [-0.2, -0.15) is 26.3 Å². The van der Waals surface area contributed by atoms with Crippen molar-refractivity contribution in [2.24, 2.45) is 21.6 Å². The summed E-state index contributed by atoms with van der Waals surface area (Å²) in [4.78, 5) is 19.7. The predicted molar refractivity (Wildman–Crippen MR) is 103 cm³/mol. The Labute approximate surface area is 172 Å². The van der Waals surface area contributed by atoms with E-state index in [4.69, 9.17) is 5.73 Å². The van der Waals surface area contributed by atoms with Crippen LogP contribution in [0.25, 0.3) is 5.57 Å². The minimum atomic E-state index is -4.97. The van der Waals surface area contributed by atoms with Crippen LogP contribution in [0, 0.1) is 5.92 Å². The van der Waals surface area contributed by atoms with Crippen LogP contribution >= 0.6 is 0 Å². The fraction of sp³-hybridized carbons (Fsp3) is 0.190. The number of amides is 1. The van der Waals surface area contributed by atoms with Crippen molar-refractivity contribution in [3.05, 3.63) is 76.9 Å². The Kier molecular flexibility index (Phi) is 6.01. The molecule has 162 valence electrons. The molecule has 2 aromatic rings. The summed E-state index contributed by atoms with van der Waals surface area (Å²) < 4.78 is 78.3. The van der Waals surface area contributed by atoms with Gasteiger partial charge >= 0.3 is 12.4 Å². The second-order valence-corrected chi connectivity index (χ2v) is 6.71. The zero-order valence-electron chi connectivity index (χ0n) is 15.7. The van der Waals surface area contributed by atoms with Crippen molar-refractivity contribution >= 4 is 23.5 Å². The third-order valence-electron chi connectivity index (χ3n) is 4.42. The van der Waals surface area contributed by atoms with Crippen molar-refractivity contribution in [3.63, 3.8) is 0 Å². The molecule has 0 saturated carbocycles. The normalized spacial score (nSPS) is 17.4. The number of amidine groups is 1. The molecule has 0 fully saturated rings. The monoisotopic (exact) mass is 439 g/mol. The van der Waals surface area contributed by atoms with Crippen molar-refractivity contribution in [3.8, 4) is 0 Å². The number of carbonyl (C=O) groups is 1. The van der Waals surface area contributed by atoms with Crippen molar-refractivity contribution in [2.45, 2.75) is 12.4 Å². The molecule has 3 rings (SSSR count). The molecular weight excluding hydrogens is 424 g/mol. The first-order chi connectivity index (χ1) is 14.4. The van der Waals surface area contributed by atoms with Crippen LogP contribution in [0.2, 0.25) is 0 Å². The van der Waals surface area contributed by atoms with Crippen LogP contribution in [-0.4, -0.2) is 24.5 Å². The van der Waals surface area contributed by atoms with Crippen LogP contribution in [0.5, 0.6) is 0 Å². The van der Waals surface area contributed by atoms with Crippen molar-refractivity contribution < 1.29 is 31.1 Å². The molecule has 0 radical (unpaired) electrons. The molecule has 1 amide bonds. The third kappa shape index (κ3) is 5.39. The average Bonchev–Trinajstić information content (AvgIpc) is 2.71. The minimum absolute atomic E-state index is 0.0277. The number of rotatable bonds is 4. The molecule has 2 aromatic carbocycles. The fourth-order valence-corrected chi connectivity index (χ4v) is 2.94. The topological polar surface area (TPSA) is 67.8 Å². The summed E-state index contributed by atoms with van der Waals surface area (Å²) in [5.74, 6) is -1.47. The first-order valence-electron chi connectivity index (χ1n) is 8.90. The van der Waals surface area contributed by atoms with E-state index >= 15 is 0 Å². The maximum Gasteiger partial charge on any atom is 0.416 e. The number of primary amides is 1. The molecule has 1 atom stereocenters. The quantitative estimate of drug-likeness (QED) is 0.543. The molecule has 4 nitrogen and oxygen atoms in total. The lowest BCUT2D eigenvalue weighted by Crippen LogP contribution is -2.19. The van der Waals surface area contributed by atoms with E-state index in [-0.39, 0.29) is 24.0 Å². The number of hydrogen-bond donors (Lipinski definition) is 1. The van der Waals surface area contributed by atoms with Crippen LogP contribution in [0.3, 0.4) is 0 Å². The summed E-state index contributed by atoms with van der Waals surface area (Å²) in [7, 11) is 0. The van der Waals surface area contributed by atoms with Gasteiger partial charge in [0.2, 0.25) is 5.91 Å². The van der Waals surface area contributed by atoms with Gasteiger partial charge in [-0.15, -0.1) is 0 Å². The smallest absolute Gasteiger partial charge is 0.366 e. The Balaban J connectivity index is 1.91. The van der Waals surface area contributed by atoms with E-state index in [0.29, 0.717) is 17.7 Å². The van der Waals surface area contributed by atoms with Gasteiger partial charge in [-0.1, -0.05) is 36.4 Å². The van der Waals surface area contributed by atoms with Crippen molar-refractivity contribution in [2.75, 3.05) is 6.54 Å². The third-order valence-corrected chi connectivity index (χ3v) is 4.42. The molecule has 1 heterocycles. The number of halogens is 6. The number of carbonyl (C=O) groups excluding carboxylic acids is 1.